The number of anilines is 3. The number of carbonyl (C=O) groups excluding carboxylic acids is 1. The first-order valence-corrected chi connectivity index (χ1v) is 12.2. The number of aryl methyl sites for hydroxylation is 2. The number of benzene rings is 2. The summed E-state index contributed by atoms with van der Waals surface area (Å²) in [4.78, 5) is 24.2. The Morgan fingerprint density at radius 1 is 0.935 bits per heavy atom. The number of nitrogens with two attached hydrogens (primary N) is 1. The minimum absolute atomic E-state index is 0.0871. The number of hydrogen-bond acceptors (Lipinski definition) is 5. The maximum Gasteiger partial charge on any atom is 0.275 e. The van der Waals surface area contributed by atoms with Crippen molar-refractivity contribution in [3.05, 3.63) is 70.7 Å². The monoisotopic (exact) mass is 443 g/mol. The number of amides is 1. The molecule has 3 heterocycles. The van der Waals surface area contributed by atoms with Crippen LogP contribution in [0.2, 0.25) is 0 Å². The van der Waals surface area contributed by atoms with Crippen molar-refractivity contribution in [3.8, 4) is 0 Å². The van der Waals surface area contributed by atoms with Gasteiger partial charge in [0, 0.05) is 20.9 Å². The summed E-state index contributed by atoms with van der Waals surface area (Å²) in [7, 11) is 0. The van der Waals surface area contributed by atoms with Gasteiger partial charge in [-0.3, -0.25) is 9.69 Å². The third kappa shape index (κ3) is 3.05. The fraction of sp³-hybridized carbons (Fsp3) is 0.200. The molecule has 4 aromatic rings. The van der Waals surface area contributed by atoms with Crippen molar-refractivity contribution in [1.82, 2.24) is 4.98 Å². The van der Waals surface area contributed by atoms with Crippen LogP contribution < -0.4 is 10.6 Å². The SMILES string of the molecule is Nc1c(C(=O)N2c3ccccc3Sc3ccccc32)sc2nc3c(cc12)CCCCC3. The summed E-state index contributed by atoms with van der Waals surface area (Å²) < 4.78 is 0. The quantitative estimate of drug-likeness (QED) is 0.337. The summed E-state index contributed by atoms with van der Waals surface area (Å²) in [5.41, 5.74) is 11.4. The van der Waals surface area contributed by atoms with Crippen molar-refractivity contribution in [1.29, 1.82) is 0 Å². The number of nitrogens with zero attached hydrogens (tertiary/aromatic N) is 2. The van der Waals surface area contributed by atoms with Crippen LogP contribution in [0.4, 0.5) is 17.1 Å². The van der Waals surface area contributed by atoms with Crippen LogP contribution >= 0.6 is 23.1 Å². The first-order valence-electron chi connectivity index (χ1n) is 10.6. The van der Waals surface area contributed by atoms with E-state index in [1.54, 1.807) is 11.8 Å². The van der Waals surface area contributed by atoms with Crippen LogP contribution in [-0.2, 0) is 12.8 Å². The maximum absolute atomic E-state index is 13.9. The van der Waals surface area contributed by atoms with Crippen molar-refractivity contribution in [3.63, 3.8) is 0 Å². The Bertz CT molecular complexity index is 1300. The van der Waals surface area contributed by atoms with Gasteiger partial charge in [-0.2, -0.15) is 0 Å². The standard InChI is InChI=1S/C25H21N3OS2/c26-22-16-14-15-8-2-1-3-9-17(15)27-24(16)31-23(22)25(29)28-18-10-4-6-12-20(18)30-21-13-7-5-11-19(21)28/h4-7,10-14H,1-3,8-9,26H2. The Kier molecular flexibility index (Phi) is 4.51. The van der Waals surface area contributed by atoms with Gasteiger partial charge >= 0.3 is 0 Å². The van der Waals surface area contributed by atoms with E-state index in [1.807, 2.05) is 41.3 Å². The van der Waals surface area contributed by atoms with E-state index < -0.39 is 0 Å². The highest BCUT2D eigenvalue weighted by Crippen LogP contribution is 2.49. The van der Waals surface area contributed by atoms with E-state index in [-0.39, 0.29) is 5.91 Å². The average Bonchev–Trinajstić information content (AvgIpc) is 2.96. The molecule has 0 unspecified atom stereocenters. The van der Waals surface area contributed by atoms with E-state index in [0.29, 0.717) is 10.6 Å². The largest absolute Gasteiger partial charge is 0.397 e. The second-order valence-corrected chi connectivity index (χ2v) is 10.1. The first kappa shape index (κ1) is 18.9. The van der Waals surface area contributed by atoms with Crippen LogP contribution in [-0.4, -0.2) is 10.9 Å². The molecule has 0 fully saturated rings. The molecule has 0 saturated heterocycles. The van der Waals surface area contributed by atoms with E-state index in [2.05, 4.69) is 18.2 Å². The van der Waals surface area contributed by atoms with Crippen molar-refractivity contribution >= 4 is 56.3 Å². The molecule has 0 saturated carbocycles. The molecular weight excluding hydrogens is 422 g/mol. The lowest BCUT2D eigenvalue weighted by Crippen LogP contribution is -2.28. The van der Waals surface area contributed by atoms with E-state index in [4.69, 9.17) is 10.7 Å². The number of aromatic nitrogens is 1. The molecule has 31 heavy (non-hydrogen) atoms. The fourth-order valence-electron chi connectivity index (χ4n) is 4.52. The number of hydrogen-bond donors (Lipinski definition) is 1. The third-order valence-electron chi connectivity index (χ3n) is 6.08. The average molecular weight is 444 g/mol. The second-order valence-electron chi connectivity index (χ2n) is 8.03. The normalized spacial score (nSPS) is 15.2. The highest BCUT2D eigenvalue weighted by molar-refractivity contribution is 7.99. The van der Waals surface area contributed by atoms with Gasteiger partial charge in [0.2, 0.25) is 0 Å². The van der Waals surface area contributed by atoms with Crippen LogP contribution in [0.25, 0.3) is 10.2 Å². The molecule has 0 bridgehead atoms. The second kappa shape index (κ2) is 7.39. The maximum atomic E-state index is 13.9. The van der Waals surface area contributed by atoms with Crippen LogP contribution in [0.15, 0.2) is 64.4 Å². The number of nitrogen functional groups attached to an aromatic ring is 1. The van der Waals surface area contributed by atoms with Gasteiger partial charge in [-0.1, -0.05) is 42.4 Å². The molecule has 1 aliphatic heterocycles. The number of thiophene rings is 1. The number of fused-ring (bicyclic) bond motifs is 4. The van der Waals surface area contributed by atoms with E-state index in [0.717, 1.165) is 44.2 Å². The van der Waals surface area contributed by atoms with Crippen molar-refractivity contribution in [2.75, 3.05) is 10.6 Å². The predicted molar refractivity (Wildman–Crippen MR) is 129 cm³/mol. The molecule has 0 radical (unpaired) electrons. The molecule has 1 amide bonds. The summed E-state index contributed by atoms with van der Waals surface area (Å²) in [6.45, 7) is 0. The molecule has 4 nitrogen and oxygen atoms in total. The highest BCUT2D eigenvalue weighted by atomic mass is 32.2. The number of pyridine rings is 1. The van der Waals surface area contributed by atoms with Crippen molar-refractivity contribution < 1.29 is 4.79 Å². The molecule has 0 spiro atoms. The molecule has 0 atom stereocenters. The summed E-state index contributed by atoms with van der Waals surface area (Å²) in [5, 5.41) is 0.918. The molecule has 1 aliphatic carbocycles. The topological polar surface area (TPSA) is 59.2 Å². The zero-order valence-electron chi connectivity index (χ0n) is 16.9. The van der Waals surface area contributed by atoms with E-state index >= 15 is 0 Å². The van der Waals surface area contributed by atoms with Gasteiger partial charge in [-0.25, -0.2) is 4.98 Å². The van der Waals surface area contributed by atoms with Crippen LogP contribution in [0, 0.1) is 0 Å². The smallest absolute Gasteiger partial charge is 0.275 e. The Morgan fingerprint density at radius 2 is 1.61 bits per heavy atom. The Balaban J connectivity index is 1.50. The summed E-state index contributed by atoms with van der Waals surface area (Å²) in [5.74, 6) is -0.0871. The number of carbonyl (C=O) groups is 1. The van der Waals surface area contributed by atoms with Gasteiger partial charge < -0.3 is 5.73 Å². The fourth-order valence-corrected chi connectivity index (χ4v) is 6.60. The minimum atomic E-state index is -0.0871. The Hall–Kier alpha value is -2.83. The van der Waals surface area contributed by atoms with Gasteiger partial charge in [0.05, 0.1) is 17.1 Å². The van der Waals surface area contributed by atoms with Crippen molar-refractivity contribution in [2.45, 2.75) is 41.9 Å². The molecule has 2 aromatic carbocycles. The van der Waals surface area contributed by atoms with E-state index in [9.17, 15) is 4.79 Å². The summed E-state index contributed by atoms with van der Waals surface area (Å²) in [6.07, 6.45) is 5.67. The molecular formula is C25H21N3OS2. The third-order valence-corrected chi connectivity index (χ3v) is 8.31. The molecule has 6 heteroatoms. The number of rotatable bonds is 1. The number of para-hydroxylation sites is 2. The zero-order chi connectivity index (χ0) is 20.9. The summed E-state index contributed by atoms with van der Waals surface area (Å²) in [6, 6.07) is 18.3. The lowest BCUT2D eigenvalue weighted by atomic mass is 10.1. The molecule has 2 aliphatic rings. The van der Waals surface area contributed by atoms with Gasteiger partial charge in [-0.05, 0) is 61.6 Å². The van der Waals surface area contributed by atoms with Gasteiger partial charge in [0.1, 0.15) is 9.71 Å². The van der Waals surface area contributed by atoms with Crippen LogP contribution in [0.3, 0.4) is 0 Å². The van der Waals surface area contributed by atoms with Gasteiger partial charge in [-0.15, -0.1) is 11.3 Å². The Morgan fingerprint density at radius 3 is 2.35 bits per heavy atom. The molecule has 6 rings (SSSR count). The molecule has 154 valence electrons. The lowest BCUT2D eigenvalue weighted by molar-refractivity contribution is 0.100. The zero-order valence-corrected chi connectivity index (χ0v) is 18.6. The van der Waals surface area contributed by atoms with Crippen LogP contribution in [0.5, 0.6) is 0 Å². The Labute approximate surface area is 189 Å². The van der Waals surface area contributed by atoms with Gasteiger partial charge in [0.15, 0.2) is 0 Å². The summed E-state index contributed by atoms with van der Waals surface area (Å²) >= 11 is 3.11. The predicted octanol–water partition coefficient (Wildman–Crippen LogP) is 6.59. The van der Waals surface area contributed by atoms with E-state index in [1.165, 1.54) is 41.9 Å². The van der Waals surface area contributed by atoms with Crippen LogP contribution in [0.1, 0.15) is 40.2 Å². The van der Waals surface area contributed by atoms with Crippen molar-refractivity contribution in [2.24, 2.45) is 0 Å². The first-order chi connectivity index (χ1) is 15.2. The lowest BCUT2D eigenvalue weighted by Gasteiger charge is -2.30. The molecule has 2 aromatic heterocycles. The highest BCUT2D eigenvalue weighted by Gasteiger charge is 2.31. The van der Waals surface area contributed by atoms with Gasteiger partial charge in [0.25, 0.3) is 5.91 Å². The minimum Gasteiger partial charge on any atom is -0.397 e. The molecule has 2 N–H and O–H groups in total.